The maximum Gasteiger partial charge on any atom is 0.227 e. The lowest BCUT2D eigenvalue weighted by Gasteiger charge is -2.31. The summed E-state index contributed by atoms with van der Waals surface area (Å²) < 4.78 is 5.70. The Morgan fingerprint density at radius 3 is 2.65 bits per heavy atom. The van der Waals surface area contributed by atoms with Crippen molar-refractivity contribution in [3.8, 4) is 5.75 Å². The van der Waals surface area contributed by atoms with Gasteiger partial charge in [-0.1, -0.05) is 24.6 Å². The lowest BCUT2D eigenvalue weighted by Crippen LogP contribution is -2.48. The van der Waals surface area contributed by atoms with E-state index in [9.17, 15) is 4.79 Å². The van der Waals surface area contributed by atoms with Gasteiger partial charge in [-0.15, -0.1) is 0 Å². The highest BCUT2D eigenvalue weighted by molar-refractivity contribution is 6.32. The maximum atomic E-state index is 12.3. The SMILES string of the molecule is CC(C)Oc1c(Cl)cccc1NC(=O)C(C)C1CNC1. The minimum absolute atomic E-state index is 0.00110. The number of hydrogen-bond acceptors (Lipinski definition) is 3. The van der Waals surface area contributed by atoms with E-state index in [-0.39, 0.29) is 17.9 Å². The van der Waals surface area contributed by atoms with Crippen LogP contribution in [0.2, 0.25) is 5.02 Å². The molecule has 1 heterocycles. The molecule has 1 unspecified atom stereocenters. The predicted octanol–water partition coefficient (Wildman–Crippen LogP) is 2.92. The van der Waals surface area contributed by atoms with Crippen molar-refractivity contribution in [2.24, 2.45) is 11.8 Å². The monoisotopic (exact) mass is 296 g/mol. The highest BCUT2D eigenvalue weighted by Gasteiger charge is 2.29. The first kappa shape index (κ1) is 15.1. The van der Waals surface area contributed by atoms with Crippen LogP contribution in [-0.2, 0) is 4.79 Å². The van der Waals surface area contributed by atoms with Crippen LogP contribution in [0.3, 0.4) is 0 Å². The second-order valence-electron chi connectivity index (χ2n) is 5.48. The molecule has 1 fully saturated rings. The van der Waals surface area contributed by atoms with Gasteiger partial charge in [0.05, 0.1) is 16.8 Å². The second-order valence-corrected chi connectivity index (χ2v) is 5.89. The standard InChI is InChI=1S/C15H21ClN2O2/c1-9(2)20-14-12(16)5-4-6-13(14)18-15(19)10(3)11-7-17-8-11/h4-6,9-11,17H,7-8H2,1-3H3,(H,18,19). The molecule has 1 aliphatic rings. The normalized spacial score (nSPS) is 16.6. The third-order valence-corrected chi connectivity index (χ3v) is 3.81. The van der Waals surface area contributed by atoms with Crippen molar-refractivity contribution in [3.63, 3.8) is 0 Å². The Bertz CT molecular complexity index is 487. The molecule has 2 rings (SSSR count). The van der Waals surface area contributed by atoms with Gasteiger partial charge in [0, 0.05) is 5.92 Å². The number of rotatable bonds is 5. The molecule has 1 aliphatic heterocycles. The number of carbonyl (C=O) groups is 1. The number of anilines is 1. The fourth-order valence-electron chi connectivity index (χ4n) is 2.09. The van der Waals surface area contributed by atoms with Gasteiger partial charge in [0.15, 0.2) is 5.75 Å². The third-order valence-electron chi connectivity index (χ3n) is 3.51. The highest BCUT2D eigenvalue weighted by atomic mass is 35.5. The maximum absolute atomic E-state index is 12.3. The lowest BCUT2D eigenvalue weighted by molar-refractivity contribution is -0.121. The fourth-order valence-corrected chi connectivity index (χ4v) is 2.31. The molecule has 1 amide bonds. The van der Waals surface area contributed by atoms with Crippen LogP contribution in [0.5, 0.6) is 5.75 Å². The van der Waals surface area contributed by atoms with Crippen molar-refractivity contribution in [1.82, 2.24) is 5.32 Å². The molecule has 0 aromatic heterocycles. The zero-order chi connectivity index (χ0) is 14.7. The van der Waals surface area contributed by atoms with Gasteiger partial charge in [-0.3, -0.25) is 4.79 Å². The van der Waals surface area contributed by atoms with E-state index < -0.39 is 0 Å². The number of amides is 1. The number of nitrogens with one attached hydrogen (secondary N) is 2. The molecule has 0 saturated carbocycles. The van der Waals surface area contributed by atoms with Crippen LogP contribution in [-0.4, -0.2) is 25.1 Å². The quantitative estimate of drug-likeness (QED) is 0.878. The molecule has 0 spiro atoms. The number of para-hydroxylation sites is 1. The number of benzene rings is 1. The topological polar surface area (TPSA) is 50.4 Å². The Hall–Kier alpha value is -1.26. The Morgan fingerprint density at radius 1 is 1.40 bits per heavy atom. The van der Waals surface area contributed by atoms with E-state index >= 15 is 0 Å². The van der Waals surface area contributed by atoms with Gasteiger partial charge in [0.25, 0.3) is 0 Å². The van der Waals surface area contributed by atoms with Crippen molar-refractivity contribution in [3.05, 3.63) is 23.2 Å². The largest absolute Gasteiger partial charge is 0.487 e. The molecule has 0 aliphatic carbocycles. The lowest BCUT2D eigenvalue weighted by atomic mass is 9.88. The molecule has 5 heteroatoms. The Labute approximate surface area is 124 Å². The minimum Gasteiger partial charge on any atom is -0.487 e. The van der Waals surface area contributed by atoms with Crippen molar-refractivity contribution in [2.45, 2.75) is 26.9 Å². The zero-order valence-electron chi connectivity index (χ0n) is 12.1. The Balaban J connectivity index is 2.11. The van der Waals surface area contributed by atoms with Crippen LogP contribution in [0, 0.1) is 11.8 Å². The molecular formula is C15H21ClN2O2. The Morgan fingerprint density at radius 2 is 2.10 bits per heavy atom. The molecule has 4 nitrogen and oxygen atoms in total. The molecule has 110 valence electrons. The van der Waals surface area contributed by atoms with Gasteiger partial charge in [-0.05, 0) is 45.0 Å². The fraction of sp³-hybridized carbons (Fsp3) is 0.533. The Kier molecular flexibility index (Phi) is 4.89. The average Bonchev–Trinajstić information content (AvgIpc) is 2.30. The second kappa shape index (κ2) is 6.46. The molecule has 1 aromatic carbocycles. The first-order chi connectivity index (χ1) is 9.49. The van der Waals surface area contributed by atoms with E-state index in [2.05, 4.69) is 10.6 Å². The van der Waals surface area contributed by atoms with Crippen LogP contribution in [0.15, 0.2) is 18.2 Å². The molecule has 0 radical (unpaired) electrons. The molecule has 2 N–H and O–H groups in total. The number of carbonyl (C=O) groups excluding carboxylic acids is 1. The van der Waals surface area contributed by atoms with E-state index in [0.29, 0.717) is 22.4 Å². The van der Waals surface area contributed by atoms with Gasteiger partial charge in [0.2, 0.25) is 5.91 Å². The molecular weight excluding hydrogens is 276 g/mol. The molecule has 1 saturated heterocycles. The van der Waals surface area contributed by atoms with E-state index in [1.165, 1.54) is 0 Å². The van der Waals surface area contributed by atoms with Gasteiger partial charge >= 0.3 is 0 Å². The summed E-state index contributed by atoms with van der Waals surface area (Å²) in [6.45, 7) is 7.61. The van der Waals surface area contributed by atoms with Crippen LogP contribution < -0.4 is 15.4 Å². The molecule has 1 atom stereocenters. The van der Waals surface area contributed by atoms with Gasteiger partial charge < -0.3 is 15.4 Å². The van der Waals surface area contributed by atoms with Crippen LogP contribution >= 0.6 is 11.6 Å². The van der Waals surface area contributed by atoms with Crippen molar-refractivity contribution in [2.75, 3.05) is 18.4 Å². The molecule has 0 bridgehead atoms. The van der Waals surface area contributed by atoms with E-state index in [1.807, 2.05) is 26.8 Å². The summed E-state index contributed by atoms with van der Waals surface area (Å²) in [5, 5.41) is 6.62. The van der Waals surface area contributed by atoms with Crippen LogP contribution in [0.1, 0.15) is 20.8 Å². The highest BCUT2D eigenvalue weighted by Crippen LogP contribution is 2.34. The van der Waals surface area contributed by atoms with Gasteiger partial charge in [-0.25, -0.2) is 0 Å². The van der Waals surface area contributed by atoms with E-state index in [1.54, 1.807) is 12.1 Å². The van der Waals surface area contributed by atoms with Crippen LogP contribution in [0.4, 0.5) is 5.69 Å². The number of halogens is 1. The molecule has 20 heavy (non-hydrogen) atoms. The smallest absolute Gasteiger partial charge is 0.227 e. The van der Waals surface area contributed by atoms with E-state index in [0.717, 1.165) is 13.1 Å². The van der Waals surface area contributed by atoms with Gasteiger partial charge in [-0.2, -0.15) is 0 Å². The van der Waals surface area contributed by atoms with Crippen LogP contribution in [0.25, 0.3) is 0 Å². The average molecular weight is 297 g/mol. The number of hydrogen-bond donors (Lipinski definition) is 2. The first-order valence-corrected chi connectivity index (χ1v) is 7.33. The summed E-state index contributed by atoms with van der Waals surface area (Å²) in [4.78, 5) is 12.3. The summed E-state index contributed by atoms with van der Waals surface area (Å²) >= 11 is 6.15. The summed E-state index contributed by atoms with van der Waals surface area (Å²) in [6.07, 6.45) is -0.00110. The number of ether oxygens (including phenoxy) is 1. The predicted molar refractivity (Wildman–Crippen MR) is 81.4 cm³/mol. The summed E-state index contributed by atoms with van der Waals surface area (Å²) in [7, 11) is 0. The first-order valence-electron chi connectivity index (χ1n) is 6.95. The van der Waals surface area contributed by atoms with Crippen molar-refractivity contribution in [1.29, 1.82) is 0 Å². The van der Waals surface area contributed by atoms with Gasteiger partial charge in [0.1, 0.15) is 0 Å². The summed E-state index contributed by atoms with van der Waals surface area (Å²) in [5.41, 5.74) is 0.635. The minimum atomic E-state index is -0.0258. The zero-order valence-corrected chi connectivity index (χ0v) is 12.8. The third kappa shape index (κ3) is 3.44. The van der Waals surface area contributed by atoms with E-state index in [4.69, 9.17) is 16.3 Å². The summed E-state index contributed by atoms with van der Waals surface area (Å²) in [6, 6.07) is 5.38. The van der Waals surface area contributed by atoms with Crippen molar-refractivity contribution >= 4 is 23.2 Å². The summed E-state index contributed by atoms with van der Waals surface area (Å²) in [5.74, 6) is 0.926. The van der Waals surface area contributed by atoms with Crippen molar-refractivity contribution < 1.29 is 9.53 Å². The molecule has 1 aromatic rings.